The molecule has 6 heteroatoms. The maximum atomic E-state index is 5.69. The largest absolute Gasteiger partial charge is 0.488 e. The van der Waals surface area contributed by atoms with E-state index in [9.17, 15) is 0 Å². The molecule has 22 heavy (non-hydrogen) atoms. The number of nitrogens with zero attached hydrogens (tertiary/aromatic N) is 1. The summed E-state index contributed by atoms with van der Waals surface area (Å²) in [5, 5.41) is 0. The maximum absolute atomic E-state index is 5.69. The van der Waals surface area contributed by atoms with Gasteiger partial charge in [0, 0.05) is 20.1 Å². The second-order valence-electron chi connectivity index (χ2n) is 4.74. The number of aromatic nitrogens is 1. The van der Waals surface area contributed by atoms with Crippen LogP contribution in [0.5, 0.6) is 11.6 Å². The summed E-state index contributed by atoms with van der Waals surface area (Å²) in [6.45, 7) is 6.15. The molecule has 0 saturated heterocycles. The third kappa shape index (κ3) is 8.56. The van der Waals surface area contributed by atoms with E-state index in [0.717, 1.165) is 29.4 Å². The Morgan fingerprint density at radius 3 is 2.41 bits per heavy atom. The van der Waals surface area contributed by atoms with Crippen LogP contribution in [0.3, 0.4) is 0 Å². The minimum Gasteiger partial charge on any atom is -0.488 e. The zero-order valence-electron chi connectivity index (χ0n) is 14.2. The van der Waals surface area contributed by atoms with E-state index in [4.69, 9.17) is 19.9 Å². The van der Waals surface area contributed by atoms with Crippen LogP contribution in [0.25, 0.3) is 0 Å². The number of rotatable bonds is 9. The molecule has 0 aromatic carbocycles. The molecule has 1 rings (SSSR count). The Hall–Kier alpha value is -0.850. The molecule has 1 aromatic rings. The van der Waals surface area contributed by atoms with Crippen molar-refractivity contribution < 1.29 is 14.2 Å². The smallest absolute Gasteiger partial charge is 0.257 e. The molecule has 0 aliphatic carbocycles. The number of halogens is 1. The lowest BCUT2D eigenvalue weighted by atomic mass is 10.1. The summed E-state index contributed by atoms with van der Waals surface area (Å²) in [5.74, 6) is 1.15. The van der Waals surface area contributed by atoms with Crippen molar-refractivity contribution in [2.24, 2.45) is 5.73 Å². The highest BCUT2D eigenvalue weighted by molar-refractivity contribution is 9.10. The van der Waals surface area contributed by atoms with Crippen LogP contribution < -0.4 is 15.2 Å². The molecule has 0 saturated carbocycles. The Morgan fingerprint density at radius 1 is 1.18 bits per heavy atom. The lowest BCUT2D eigenvalue weighted by Gasteiger charge is -2.12. The Kier molecular flexibility index (Phi) is 13.3. The average molecular weight is 377 g/mol. The van der Waals surface area contributed by atoms with Crippen molar-refractivity contribution in [1.82, 2.24) is 4.98 Å². The van der Waals surface area contributed by atoms with Crippen LogP contribution in [0, 0.1) is 0 Å². The Balaban J connectivity index is 0.00000135. The predicted octanol–water partition coefficient (Wildman–Crippen LogP) is 3.58. The van der Waals surface area contributed by atoms with E-state index in [1.165, 1.54) is 6.42 Å². The fraction of sp³-hybridized carbons (Fsp3) is 0.688. The maximum Gasteiger partial charge on any atom is 0.257 e. The van der Waals surface area contributed by atoms with E-state index in [2.05, 4.69) is 34.8 Å². The Labute approximate surface area is 142 Å². The number of nitrogens with two attached hydrogens (primary N) is 1. The van der Waals surface area contributed by atoms with Crippen molar-refractivity contribution in [3.63, 3.8) is 0 Å². The molecule has 0 fully saturated rings. The first-order valence-electron chi connectivity index (χ1n) is 7.69. The van der Waals surface area contributed by atoms with Crippen LogP contribution in [-0.2, 0) is 11.2 Å². The molecule has 5 nitrogen and oxygen atoms in total. The van der Waals surface area contributed by atoms with Crippen LogP contribution in [0.4, 0.5) is 0 Å². The third-order valence-corrected chi connectivity index (χ3v) is 3.26. The first kappa shape index (κ1) is 21.1. The van der Waals surface area contributed by atoms with E-state index in [1.807, 2.05) is 6.07 Å². The van der Waals surface area contributed by atoms with Gasteiger partial charge in [0.1, 0.15) is 4.60 Å². The highest BCUT2D eigenvalue weighted by atomic mass is 79.9. The molecular weight excluding hydrogens is 348 g/mol. The monoisotopic (exact) mass is 376 g/mol. The van der Waals surface area contributed by atoms with Crippen LogP contribution in [0.1, 0.15) is 38.7 Å². The molecule has 0 spiro atoms. The molecule has 0 unspecified atom stereocenters. The average Bonchev–Trinajstić information content (AvgIpc) is 2.51. The first-order valence-corrected chi connectivity index (χ1v) is 8.48. The summed E-state index contributed by atoms with van der Waals surface area (Å²) in [6, 6.07) is 1.96. The lowest BCUT2D eigenvalue weighted by molar-refractivity contribution is 0.170. The number of hydrogen-bond acceptors (Lipinski definition) is 5. The zero-order chi connectivity index (χ0) is 16.8. The number of methoxy groups -OCH3 is 2. The number of ether oxygens (including phenoxy) is 3. The summed E-state index contributed by atoms with van der Waals surface area (Å²) in [5.41, 5.74) is 6.61. The van der Waals surface area contributed by atoms with Gasteiger partial charge in [0.05, 0.1) is 13.7 Å². The second-order valence-corrected chi connectivity index (χ2v) is 5.49. The van der Waals surface area contributed by atoms with Gasteiger partial charge >= 0.3 is 0 Å². The highest BCUT2D eigenvalue weighted by Crippen LogP contribution is 2.30. The molecule has 0 amide bonds. The predicted molar refractivity (Wildman–Crippen MR) is 93.8 cm³/mol. The minimum absolute atomic E-state index is 0.487. The molecule has 0 aliphatic heterocycles. The van der Waals surface area contributed by atoms with E-state index in [0.29, 0.717) is 31.4 Å². The van der Waals surface area contributed by atoms with E-state index < -0.39 is 0 Å². The quantitative estimate of drug-likeness (QED) is 0.526. The van der Waals surface area contributed by atoms with Crippen LogP contribution in [-0.4, -0.2) is 39.0 Å². The minimum atomic E-state index is 0.487. The van der Waals surface area contributed by atoms with E-state index in [1.54, 1.807) is 14.2 Å². The van der Waals surface area contributed by atoms with Crippen molar-refractivity contribution >= 4 is 15.9 Å². The molecule has 1 heterocycles. The molecule has 0 radical (unpaired) electrons. The number of aryl methyl sites for hydroxylation is 1. The number of hydrogen-bond donors (Lipinski definition) is 1. The standard InChI is InChI=1S/C13H21BrN2O3.C3H8/c1-17-7-4-8-19-11-9-10(5-3-6-15)12(14)16-13(11)18-2;1-3-2/h9H,3-8,15H2,1-2H3;3H2,1-2H3. The fourth-order valence-corrected chi connectivity index (χ4v) is 2.07. The highest BCUT2D eigenvalue weighted by Gasteiger charge is 2.11. The lowest BCUT2D eigenvalue weighted by Crippen LogP contribution is -2.06. The van der Waals surface area contributed by atoms with E-state index in [-0.39, 0.29) is 0 Å². The summed E-state index contributed by atoms with van der Waals surface area (Å²) in [4.78, 5) is 4.34. The van der Waals surface area contributed by atoms with Crippen LogP contribution in [0.2, 0.25) is 0 Å². The molecule has 0 aliphatic rings. The molecule has 0 bridgehead atoms. The van der Waals surface area contributed by atoms with Gasteiger partial charge in [-0.05, 0) is 46.9 Å². The molecule has 0 atom stereocenters. The number of pyridine rings is 1. The van der Waals surface area contributed by atoms with Gasteiger partial charge in [0.15, 0.2) is 5.75 Å². The zero-order valence-corrected chi connectivity index (χ0v) is 15.7. The Morgan fingerprint density at radius 2 is 1.86 bits per heavy atom. The van der Waals surface area contributed by atoms with Gasteiger partial charge in [-0.3, -0.25) is 0 Å². The molecule has 128 valence electrons. The van der Waals surface area contributed by atoms with Gasteiger partial charge in [0.2, 0.25) is 0 Å². The van der Waals surface area contributed by atoms with Crippen molar-refractivity contribution in [1.29, 1.82) is 0 Å². The Bertz CT molecular complexity index is 403. The van der Waals surface area contributed by atoms with Gasteiger partial charge < -0.3 is 19.9 Å². The van der Waals surface area contributed by atoms with Crippen LogP contribution >= 0.6 is 15.9 Å². The first-order chi connectivity index (χ1) is 10.6. The summed E-state index contributed by atoms with van der Waals surface area (Å²) < 4.78 is 16.7. The summed E-state index contributed by atoms with van der Waals surface area (Å²) in [6.07, 6.45) is 3.85. The van der Waals surface area contributed by atoms with Crippen molar-refractivity contribution in [2.45, 2.75) is 39.5 Å². The fourth-order valence-electron chi connectivity index (χ4n) is 1.60. The van der Waals surface area contributed by atoms with Gasteiger partial charge in [-0.25, -0.2) is 4.98 Å². The van der Waals surface area contributed by atoms with Crippen molar-refractivity contribution in [3.05, 3.63) is 16.2 Å². The van der Waals surface area contributed by atoms with Gasteiger partial charge in [-0.2, -0.15) is 0 Å². The van der Waals surface area contributed by atoms with Gasteiger partial charge in [-0.1, -0.05) is 20.3 Å². The SMILES string of the molecule is CCC.COCCCOc1cc(CCCN)c(Br)nc1OC. The van der Waals surface area contributed by atoms with E-state index >= 15 is 0 Å². The van der Waals surface area contributed by atoms with Gasteiger partial charge in [-0.15, -0.1) is 0 Å². The molecule has 1 aromatic heterocycles. The normalized spacial score (nSPS) is 9.91. The van der Waals surface area contributed by atoms with Crippen LogP contribution in [0.15, 0.2) is 10.7 Å². The van der Waals surface area contributed by atoms with Gasteiger partial charge in [0.25, 0.3) is 5.88 Å². The summed E-state index contributed by atoms with van der Waals surface area (Å²) in [7, 11) is 3.25. The van der Waals surface area contributed by atoms with Crippen molar-refractivity contribution in [2.75, 3.05) is 34.0 Å². The molecular formula is C16H29BrN2O3. The topological polar surface area (TPSA) is 66.6 Å². The third-order valence-electron chi connectivity index (χ3n) is 2.57. The second kappa shape index (κ2) is 13.8. The van der Waals surface area contributed by atoms with Crippen molar-refractivity contribution in [3.8, 4) is 11.6 Å². The summed E-state index contributed by atoms with van der Waals surface area (Å²) >= 11 is 3.44. The molecule has 2 N–H and O–H groups in total.